The van der Waals surface area contributed by atoms with Crippen molar-refractivity contribution >= 4 is 0 Å². The van der Waals surface area contributed by atoms with E-state index in [1.54, 1.807) is 5.57 Å². The number of nitroso groups, excluding NO2 is 1. The van der Waals surface area contributed by atoms with E-state index in [9.17, 15) is 10.0 Å². The zero-order valence-corrected chi connectivity index (χ0v) is 15.3. The number of aliphatic hydroxyl groups excluding tert-OH is 1. The molecule has 134 valence electrons. The molecule has 4 rings (SSSR count). The van der Waals surface area contributed by atoms with Crippen LogP contribution in [0.4, 0.5) is 0 Å². The molecule has 3 saturated carbocycles. The molecule has 4 aliphatic rings. The molecule has 4 unspecified atom stereocenters. The third kappa shape index (κ3) is 2.34. The van der Waals surface area contributed by atoms with Crippen LogP contribution >= 0.6 is 0 Å². The lowest BCUT2D eigenvalue weighted by Gasteiger charge is -2.58. The van der Waals surface area contributed by atoms with Gasteiger partial charge in [-0.05, 0) is 92.3 Å². The minimum absolute atomic E-state index is 0.110. The molecular formula is C21H33NO2. The van der Waals surface area contributed by atoms with E-state index in [2.05, 4.69) is 25.1 Å². The Morgan fingerprint density at radius 1 is 1.17 bits per heavy atom. The predicted molar refractivity (Wildman–Crippen MR) is 96.5 cm³/mol. The number of fused-ring (bicyclic) bond motifs is 5. The van der Waals surface area contributed by atoms with Gasteiger partial charge in [0.15, 0.2) is 0 Å². The Morgan fingerprint density at radius 2 is 2.00 bits per heavy atom. The second kappa shape index (κ2) is 5.93. The fourth-order valence-electron chi connectivity index (χ4n) is 7.43. The Bertz CT molecular complexity index is 544. The third-order valence-electron chi connectivity index (χ3n) is 8.84. The summed E-state index contributed by atoms with van der Waals surface area (Å²) in [5.41, 5.74) is 2.33. The van der Waals surface area contributed by atoms with Gasteiger partial charge in [0.2, 0.25) is 0 Å². The van der Waals surface area contributed by atoms with Crippen LogP contribution < -0.4 is 0 Å². The van der Waals surface area contributed by atoms with Gasteiger partial charge < -0.3 is 5.11 Å². The first-order valence-electron chi connectivity index (χ1n) is 10.2. The minimum Gasteiger partial charge on any atom is -0.393 e. The molecule has 4 aliphatic carbocycles. The number of aliphatic hydroxyl groups is 1. The molecule has 0 aromatic heterocycles. The van der Waals surface area contributed by atoms with Crippen molar-refractivity contribution in [2.45, 2.75) is 77.7 Å². The van der Waals surface area contributed by atoms with Crippen LogP contribution in [-0.2, 0) is 0 Å². The minimum atomic E-state index is -0.110. The summed E-state index contributed by atoms with van der Waals surface area (Å²) in [4.78, 5) is 10.6. The van der Waals surface area contributed by atoms with Crippen LogP contribution in [-0.4, -0.2) is 17.8 Å². The summed E-state index contributed by atoms with van der Waals surface area (Å²) in [6.45, 7) is 5.51. The fraction of sp³-hybridized carbons (Fsp3) is 0.905. The maximum atomic E-state index is 10.6. The van der Waals surface area contributed by atoms with Crippen LogP contribution in [0.2, 0.25) is 0 Å². The van der Waals surface area contributed by atoms with E-state index in [1.165, 1.54) is 38.5 Å². The number of rotatable bonds is 3. The van der Waals surface area contributed by atoms with Crippen molar-refractivity contribution in [3.05, 3.63) is 16.6 Å². The Balaban J connectivity index is 1.59. The molecule has 0 aromatic rings. The number of nitrogens with zero attached hydrogens (tertiary/aromatic N) is 1. The van der Waals surface area contributed by atoms with E-state index in [-0.39, 0.29) is 6.10 Å². The van der Waals surface area contributed by atoms with E-state index in [0.29, 0.717) is 23.3 Å². The molecule has 7 atom stereocenters. The zero-order chi connectivity index (χ0) is 16.9. The quantitative estimate of drug-likeness (QED) is 0.579. The highest BCUT2D eigenvalue weighted by molar-refractivity contribution is 5.25. The summed E-state index contributed by atoms with van der Waals surface area (Å²) in [7, 11) is 0. The second-order valence-electron chi connectivity index (χ2n) is 9.62. The van der Waals surface area contributed by atoms with Crippen molar-refractivity contribution in [1.29, 1.82) is 0 Å². The molecule has 3 heteroatoms. The van der Waals surface area contributed by atoms with Crippen molar-refractivity contribution in [2.24, 2.45) is 39.7 Å². The van der Waals surface area contributed by atoms with E-state index in [1.807, 2.05) is 0 Å². The summed E-state index contributed by atoms with van der Waals surface area (Å²) in [6, 6.07) is 0. The van der Waals surface area contributed by atoms with Crippen LogP contribution in [0.5, 0.6) is 0 Å². The normalized spacial score (nSPS) is 50.5. The maximum absolute atomic E-state index is 10.6. The molecule has 0 aliphatic heterocycles. The molecule has 24 heavy (non-hydrogen) atoms. The highest BCUT2D eigenvalue weighted by Gasteiger charge is 2.58. The zero-order valence-electron chi connectivity index (χ0n) is 15.3. The van der Waals surface area contributed by atoms with Gasteiger partial charge in [-0.3, -0.25) is 0 Å². The molecule has 0 aromatic carbocycles. The third-order valence-corrected chi connectivity index (χ3v) is 8.84. The fourth-order valence-corrected chi connectivity index (χ4v) is 7.43. The van der Waals surface area contributed by atoms with Crippen LogP contribution in [0.1, 0.15) is 71.6 Å². The Hall–Kier alpha value is -0.700. The first-order valence-corrected chi connectivity index (χ1v) is 10.2. The summed E-state index contributed by atoms with van der Waals surface area (Å²) in [5, 5.41) is 13.2. The van der Waals surface area contributed by atoms with Gasteiger partial charge in [0, 0.05) is 0 Å². The van der Waals surface area contributed by atoms with Gasteiger partial charge in [0.05, 0.1) is 12.6 Å². The monoisotopic (exact) mass is 331 g/mol. The maximum Gasteiger partial charge on any atom is 0.0814 e. The SMILES string of the molecule is C[C@]12CCC3C(CC=C4C[C@@H](O)CC[C@@]43C)C1CCC2CCN=O. The lowest BCUT2D eigenvalue weighted by Crippen LogP contribution is -2.50. The van der Waals surface area contributed by atoms with Crippen molar-refractivity contribution in [3.8, 4) is 0 Å². The average Bonchev–Trinajstić information content (AvgIpc) is 2.90. The van der Waals surface area contributed by atoms with Gasteiger partial charge in [-0.25, -0.2) is 0 Å². The van der Waals surface area contributed by atoms with E-state index >= 15 is 0 Å². The van der Waals surface area contributed by atoms with Gasteiger partial charge in [-0.15, -0.1) is 0 Å². The molecule has 0 heterocycles. The van der Waals surface area contributed by atoms with Crippen molar-refractivity contribution in [3.63, 3.8) is 0 Å². The van der Waals surface area contributed by atoms with Crippen LogP contribution in [0.25, 0.3) is 0 Å². The Morgan fingerprint density at radius 3 is 2.79 bits per heavy atom. The van der Waals surface area contributed by atoms with Crippen molar-refractivity contribution < 1.29 is 5.11 Å². The van der Waals surface area contributed by atoms with E-state index in [4.69, 9.17) is 0 Å². The predicted octanol–water partition coefficient (Wildman–Crippen LogP) is 5.08. The summed E-state index contributed by atoms with van der Waals surface area (Å²) in [5.74, 6) is 3.16. The molecule has 1 N–H and O–H groups in total. The van der Waals surface area contributed by atoms with Gasteiger partial charge in [0.25, 0.3) is 0 Å². The molecule has 0 spiro atoms. The van der Waals surface area contributed by atoms with E-state index in [0.717, 1.165) is 37.0 Å². The van der Waals surface area contributed by atoms with E-state index < -0.39 is 0 Å². The second-order valence-corrected chi connectivity index (χ2v) is 9.62. The smallest absolute Gasteiger partial charge is 0.0814 e. The summed E-state index contributed by atoms with van der Waals surface area (Å²) in [6.07, 6.45) is 13.0. The molecule has 0 radical (unpaired) electrons. The van der Waals surface area contributed by atoms with Crippen molar-refractivity contribution in [1.82, 2.24) is 0 Å². The largest absolute Gasteiger partial charge is 0.393 e. The highest BCUT2D eigenvalue weighted by Crippen LogP contribution is 2.66. The lowest BCUT2D eigenvalue weighted by atomic mass is 9.47. The number of hydrogen-bond acceptors (Lipinski definition) is 3. The standard InChI is InChI=1S/C21H33NO2/c1-20-11-8-19-17(18(20)6-4-14(20)9-12-22-24)5-3-15-13-16(23)7-10-21(15,19)2/h3,14,16-19,23H,4-13H2,1-2H3/t14?,16-,17?,18?,19?,20+,21-/m0/s1. The van der Waals surface area contributed by atoms with Gasteiger partial charge >= 0.3 is 0 Å². The summed E-state index contributed by atoms with van der Waals surface area (Å²) < 4.78 is 0. The van der Waals surface area contributed by atoms with Gasteiger partial charge in [-0.2, -0.15) is 4.91 Å². The molecular weight excluding hydrogens is 298 g/mol. The molecule has 3 nitrogen and oxygen atoms in total. The molecule has 0 saturated heterocycles. The molecule has 0 amide bonds. The first kappa shape index (κ1) is 16.8. The molecule has 0 bridgehead atoms. The summed E-state index contributed by atoms with van der Waals surface area (Å²) >= 11 is 0. The molecule has 3 fully saturated rings. The Labute approximate surface area is 146 Å². The lowest BCUT2D eigenvalue weighted by molar-refractivity contribution is -0.0503. The average molecular weight is 332 g/mol. The van der Waals surface area contributed by atoms with Gasteiger partial charge in [0.1, 0.15) is 0 Å². The van der Waals surface area contributed by atoms with Gasteiger partial charge in [-0.1, -0.05) is 30.7 Å². The van der Waals surface area contributed by atoms with Crippen LogP contribution in [0.3, 0.4) is 0 Å². The van der Waals surface area contributed by atoms with Crippen molar-refractivity contribution in [2.75, 3.05) is 6.54 Å². The van der Waals surface area contributed by atoms with Crippen LogP contribution in [0, 0.1) is 39.4 Å². The van der Waals surface area contributed by atoms with Crippen LogP contribution in [0.15, 0.2) is 16.8 Å². The Kier molecular flexibility index (Phi) is 4.14. The number of hydrogen-bond donors (Lipinski definition) is 1. The number of allylic oxidation sites excluding steroid dienone is 1. The first-order chi connectivity index (χ1) is 11.5. The highest BCUT2D eigenvalue weighted by atomic mass is 16.3. The topological polar surface area (TPSA) is 49.7 Å².